The standard InChI is InChI=1S/C8H10N4S/c1-2-8-9-3-4-12(8)6-7-5-10-11-13-7/h3-5H,2,6H2,1H3. The van der Waals surface area contributed by atoms with E-state index in [1.165, 1.54) is 11.5 Å². The monoisotopic (exact) mass is 194 g/mol. The highest BCUT2D eigenvalue weighted by molar-refractivity contribution is 7.05. The third-order valence-corrected chi connectivity index (χ3v) is 2.50. The molecule has 0 atom stereocenters. The van der Waals surface area contributed by atoms with E-state index in [1.807, 2.05) is 12.4 Å². The maximum atomic E-state index is 4.24. The Morgan fingerprint density at radius 1 is 1.54 bits per heavy atom. The summed E-state index contributed by atoms with van der Waals surface area (Å²) in [6.45, 7) is 2.94. The molecule has 0 N–H and O–H groups in total. The van der Waals surface area contributed by atoms with Crippen molar-refractivity contribution < 1.29 is 0 Å². The summed E-state index contributed by atoms with van der Waals surface area (Å²) >= 11 is 1.43. The molecule has 4 nitrogen and oxygen atoms in total. The fraction of sp³-hybridized carbons (Fsp3) is 0.375. The van der Waals surface area contributed by atoms with Gasteiger partial charge >= 0.3 is 0 Å². The van der Waals surface area contributed by atoms with E-state index in [0.29, 0.717) is 0 Å². The van der Waals surface area contributed by atoms with E-state index < -0.39 is 0 Å². The van der Waals surface area contributed by atoms with Gasteiger partial charge in [-0.25, -0.2) is 4.98 Å². The minimum atomic E-state index is 0.834. The van der Waals surface area contributed by atoms with Crippen LogP contribution in [0.25, 0.3) is 0 Å². The summed E-state index contributed by atoms with van der Waals surface area (Å²) in [5.41, 5.74) is 0. The van der Waals surface area contributed by atoms with E-state index >= 15 is 0 Å². The summed E-state index contributed by atoms with van der Waals surface area (Å²) < 4.78 is 5.94. The normalized spacial score (nSPS) is 10.5. The summed E-state index contributed by atoms with van der Waals surface area (Å²) in [4.78, 5) is 5.40. The Hall–Kier alpha value is -1.23. The number of rotatable bonds is 3. The molecule has 13 heavy (non-hydrogen) atoms. The number of aromatic nitrogens is 4. The van der Waals surface area contributed by atoms with Crippen LogP contribution in [0.4, 0.5) is 0 Å². The zero-order valence-electron chi connectivity index (χ0n) is 7.34. The quantitative estimate of drug-likeness (QED) is 0.740. The summed E-state index contributed by atoms with van der Waals surface area (Å²) in [6.07, 6.45) is 6.56. The maximum Gasteiger partial charge on any atom is 0.108 e. The van der Waals surface area contributed by atoms with Crippen LogP contribution in [-0.2, 0) is 13.0 Å². The highest BCUT2D eigenvalue weighted by Gasteiger charge is 2.02. The molecule has 0 saturated carbocycles. The molecular weight excluding hydrogens is 184 g/mol. The Morgan fingerprint density at radius 3 is 3.15 bits per heavy atom. The molecule has 5 heteroatoms. The molecule has 0 bridgehead atoms. The van der Waals surface area contributed by atoms with Crippen LogP contribution in [0, 0.1) is 0 Å². The van der Waals surface area contributed by atoms with Crippen LogP contribution in [0.1, 0.15) is 17.6 Å². The molecule has 0 unspecified atom stereocenters. The van der Waals surface area contributed by atoms with Crippen LogP contribution < -0.4 is 0 Å². The van der Waals surface area contributed by atoms with E-state index in [4.69, 9.17) is 0 Å². The van der Waals surface area contributed by atoms with E-state index in [9.17, 15) is 0 Å². The Kier molecular flexibility index (Phi) is 2.35. The van der Waals surface area contributed by atoms with Gasteiger partial charge in [0.15, 0.2) is 0 Å². The lowest BCUT2D eigenvalue weighted by Crippen LogP contribution is -2.01. The molecule has 0 aromatic carbocycles. The topological polar surface area (TPSA) is 43.6 Å². The lowest BCUT2D eigenvalue weighted by atomic mass is 10.4. The average Bonchev–Trinajstić information content (AvgIpc) is 2.76. The highest BCUT2D eigenvalue weighted by Crippen LogP contribution is 2.07. The van der Waals surface area contributed by atoms with E-state index in [2.05, 4.69) is 26.1 Å². The summed E-state index contributed by atoms with van der Waals surface area (Å²) in [6, 6.07) is 0. The Morgan fingerprint density at radius 2 is 2.46 bits per heavy atom. The predicted molar refractivity (Wildman–Crippen MR) is 50.6 cm³/mol. The summed E-state index contributed by atoms with van der Waals surface area (Å²) in [7, 11) is 0. The van der Waals surface area contributed by atoms with Crippen LogP contribution in [0.3, 0.4) is 0 Å². The molecule has 0 amide bonds. The van der Waals surface area contributed by atoms with E-state index in [-0.39, 0.29) is 0 Å². The molecule has 0 aliphatic rings. The Labute approximate surface area is 80.4 Å². The van der Waals surface area contributed by atoms with Gasteiger partial charge in [-0.1, -0.05) is 11.4 Å². The minimum absolute atomic E-state index is 0.834. The smallest absolute Gasteiger partial charge is 0.108 e. The van der Waals surface area contributed by atoms with Gasteiger partial charge in [-0.15, -0.1) is 5.10 Å². The minimum Gasteiger partial charge on any atom is -0.330 e. The second-order valence-corrected chi connectivity index (χ2v) is 3.58. The molecule has 0 radical (unpaired) electrons. The summed E-state index contributed by atoms with van der Waals surface area (Å²) in [5, 5.41) is 3.79. The van der Waals surface area contributed by atoms with Gasteiger partial charge < -0.3 is 4.57 Å². The number of nitrogens with zero attached hydrogens (tertiary/aromatic N) is 4. The molecule has 0 aliphatic heterocycles. The fourth-order valence-corrected chi connectivity index (χ4v) is 1.71. The van der Waals surface area contributed by atoms with Crippen LogP contribution in [0.5, 0.6) is 0 Å². The first kappa shape index (κ1) is 8.37. The maximum absolute atomic E-state index is 4.24. The van der Waals surface area contributed by atoms with Gasteiger partial charge in [0.1, 0.15) is 5.82 Å². The van der Waals surface area contributed by atoms with Crippen molar-refractivity contribution in [1.82, 2.24) is 19.1 Å². The third kappa shape index (κ3) is 1.75. The van der Waals surface area contributed by atoms with Crippen molar-refractivity contribution in [1.29, 1.82) is 0 Å². The van der Waals surface area contributed by atoms with Crippen LogP contribution >= 0.6 is 11.5 Å². The van der Waals surface area contributed by atoms with Crippen LogP contribution in [-0.4, -0.2) is 19.1 Å². The molecule has 68 valence electrons. The third-order valence-electron chi connectivity index (χ3n) is 1.85. The van der Waals surface area contributed by atoms with Crippen molar-refractivity contribution in [3.8, 4) is 0 Å². The molecule has 2 aromatic rings. The first-order chi connectivity index (χ1) is 6.40. The second kappa shape index (κ2) is 3.66. The van der Waals surface area contributed by atoms with Crippen LogP contribution in [0.2, 0.25) is 0 Å². The van der Waals surface area contributed by atoms with Crippen molar-refractivity contribution in [2.45, 2.75) is 19.9 Å². The predicted octanol–water partition coefficient (Wildman–Crippen LogP) is 1.35. The first-order valence-electron chi connectivity index (χ1n) is 4.16. The van der Waals surface area contributed by atoms with Crippen molar-refractivity contribution in [2.24, 2.45) is 0 Å². The fourth-order valence-electron chi connectivity index (χ4n) is 1.22. The number of hydrogen-bond donors (Lipinski definition) is 0. The molecule has 0 fully saturated rings. The van der Waals surface area contributed by atoms with Crippen molar-refractivity contribution in [3.05, 3.63) is 29.3 Å². The second-order valence-electron chi connectivity index (χ2n) is 2.71. The van der Waals surface area contributed by atoms with Crippen molar-refractivity contribution >= 4 is 11.5 Å². The largest absolute Gasteiger partial charge is 0.330 e. The number of hydrogen-bond acceptors (Lipinski definition) is 4. The molecule has 0 aliphatic carbocycles. The molecule has 2 heterocycles. The average molecular weight is 194 g/mol. The van der Waals surface area contributed by atoms with Gasteiger partial charge in [-0.05, 0) is 11.5 Å². The first-order valence-corrected chi connectivity index (χ1v) is 4.93. The van der Waals surface area contributed by atoms with E-state index in [0.717, 1.165) is 23.7 Å². The Balaban J connectivity index is 2.18. The SMILES string of the molecule is CCc1nccn1Cc1cnns1. The zero-order valence-corrected chi connectivity index (χ0v) is 8.16. The van der Waals surface area contributed by atoms with E-state index in [1.54, 1.807) is 6.20 Å². The van der Waals surface area contributed by atoms with Crippen LogP contribution in [0.15, 0.2) is 18.6 Å². The molecule has 2 rings (SSSR count). The van der Waals surface area contributed by atoms with Gasteiger partial charge in [0.05, 0.1) is 17.6 Å². The molecule has 0 saturated heterocycles. The van der Waals surface area contributed by atoms with Gasteiger partial charge in [0.25, 0.3) is 0 Å². The molecular formula is C8H10N4S. The zero-order chi connectivity index (χ0) is 9.10. The summed E-state index contributed by atoms with van der Waals surface area (Å²) in [5.74, 6) is 1.10. The lowest BCUT2D eigenvalue weighted by Gasteiger charge is -2.02. The van der Waals surface area contributed by atoms with Crippen molar-refractivity contribution in [2.75, 3.05) is 0 Å². The van der Waals surface area contributed by atoms with Gasteiger partial charge in [-0.3, -0.25) is 0 Å². The highest BCUT2D eigenvalue weighted by atomic mass is 32.1. The number of aryl methyl sites for hydroxylation is 1. The lowest BCUT2D eigenvalue weighted by molar-refractivity contribution is 0.739. The van der Waals surface area contributed by atoms with Gasteiger partial charge in [0.2, 0.25) is 0 Å². The van der Waals surface area contributed by atoms with Gasteiger partial charge in [0, 0.05) is 18.8 Å². The van der Waals surface area contributed by atoms with Gasteiger partial charge in [-0.2, -0.15) is 0 Å². The van der Waals surface area contributed by atoms with Crippen molar-refractivity contribution in [3.63, 3.8) is 0 Å². The Bertz CT molecular complexity index is 365. The number of imidazole rings is 1. The molecule has 0 spiro atoms. The molecule has 2 aromatic heterocycles.